The second kappa shape index (κ2) is 6.39. The van der Waals surface area contributed by atoms with E-state index in [9.17, 15) is 9.59 Å². The Kier molecular flexibility index (Phi) is 4.78. The van der Waals surface area contributed by atoms with Crippen LogP contribution in [0.25, 0.3) is 0 Å². The van der Waals surface area contributed by atoms with Gasteiger partial charge >= 0.3 is 0 Å². The minimum absolute atomic E-state index is 0.0996. The number of rotatable bonds is 5. The van der Waals surface area contributed by atoms with Gasteiger partial charge in [-0.1, -0.05) is 32.9 Å². The molecule has 1 aliphatic heterocycles. The second-order valence-electron chi connectivity index (χ2n) is 5.86. The van der Waals surface area contributed by atoms with Gasteiger partial charge in [0.25, 0.3) is 0 Å². The lowest BCUT2D eigenvalue weighted by Gasteiger charge is -2.17. The first-order chi connectivity index (χ1) is 9.97. The minimum atomic E-state index is -0.234. The Morgan fingerprint density at radius 1 is 1.10 bits per heavy atom. The molecule has 114 valence electrons. The molecule has 1 aromatic carbocycles. The highest BCUT2D eigenvalue weighted by atomic mass is 16.2. The first kappa shape index (κ1) is 15.7. The van der Waals surface area contributed by atoms with Gasteiger partial charge in [0.2, 0.25) is 11.8 Å². The summed E-state index contributed by atoms with van der Waals surface area (Å²) in [5, 5.41) is 3.42. The third kappa shape index (κ3) is 3.00. The average Bonchev–Trinajstić information content (AvgIpc) is 2.69. The molecule has 0 spiro atoms. The molecule has 3 atom stereocenters. The molecule has 4 nitrogen and oxygen atoms in total. The summed E-state index contributed by atoms with van der Waals surface area (Å²) in [5.41, 5.74) is 1.83. The molecule has 0 radical (unpaired) electrons. The summed E-state index contributed by atoms with van der Waals surface area (Å²) in [5.74, 6) is -0.667. The van der Waals surface area contributed by atoms with Crippen LogP contribution in [0.1, 0.15) is 45.7 Å². The molecule has 1 heterocycles. The van der Waals surface area contributed by atoms with E-state index in [4.69, 9.17) is 0 Å². The van der Waals surface area contributed by atoms with E-state index in [0.29, 0.717) is 5.69 Å². The molecular weight excluding hydrogens is 264 g/mol. The summed E-state index contributed by atoms with van der Waals surface area (Å²) in [4.78, 5) is 25.7. The lowest BCUT2D eigenvalue weighted by atomic mass is 10.00. The van der Waals surface area contributed by atoms with Crippen LogP contribution in [0.15, 0.2) is 24.3 Å². The van der Waals surface area contributed by atoms with Gasteiger partial charge in [-0.3, -0.25) is 14.5 Å². The maximum Gasteiger partial charge on any atom is 0.237 e. The number of hydrogen-bond donors (Lipinski definition) is 1. The Morgan fingerprint density at radius 2 is 1.62 bits per heavy atom. The maximum atomic E-state index is 12.2. The van der Waals surface area contributed by atoms with Crippen molar-refractivity contribution in [2.75, 3.05) is 11.4 Å². The zero-order valence-electron chi connectivity index (χ0n) is 13.2. The van der Waals surface area contributed by atoms with E-state index in [0.717, 1.165) is 18.5 Å². The van der Waals surface area contributed by atoms with Crippen molar-refractivity contribution in [1.82, 2.24) is 5.32 Å². The lowest BCUT2D eigenvalue weighted by Crippen LogP contribution is -2.30. The monoisotopic (exact) mass is 288 g/mol. The van der Waals surface area contributed by atoms with Crippen LogP contribution in [0.3, 0.4) is 0 Å². The summed E-state index contributed by atoms with van der Waals surface area (Å²) in [6.45, 7) is 8.85. The van der Waals surface area contributed by atoms with Gasteiger partial charge in [-0.25, -0.2) is 0 Å². The lowest BCUT2D eigenvalue weighted by molar-refractivity contribution is -0.122. The Balaban J connectivity index is 2.16. The molecular formula is C17H24N2O2. The molecule has 1 aliphatic rings. The fraction of sp³-hybridized carbons (Fsp3) is 0.529. The van der Waals surface area contributed by atoms with Crippen molar-refractivity contribution in [2.45, 2.75) is 40.2 Å². The Morgan fingerprint density at radius 3 is 2.10 bits per heavy atom. The molecule has 1 saturated heterocycles. The summed E-state index contributed by atoms with van der Waals surface area (Å²) >= 11 is 0. The Labute approximate surface area is 126 Å². The summed E-state index contributed by atoms with van der Waals surface area (Å²) in [6, 6.07) is 7.95. The third-order valence-electron chi connectivity index (χ3n) is 4.32. The predicted molar refractivity (Wildman–Crippen MR) is 84.0 cm³/mol. The molecule has 4 heteroatoms. The van der Waals surface area contributed by atoms with Crippen LogP contribution in [0.5, 0.6) is 0 Å². The molecule has 1 fully saturated rings. The van der Waals surface area contributed by atoms with Crippen molar-refractivity contribution in [2.24, 2.45) is 11.8 Å². The van der Waals surface area contributed by atoms with Gasteiger partial charge in [0.1, 0.15) is 0 Å². The van der Waals surface area contributed by atoms with E-state index < -0.39 is 0 Å². The topological polar surface area (TPSA) is 49.4 Å². The third-order valence-corrected chi connectivity index (χ3v) is 4.32. The molecule has 0 aliphatic carbocycles. The highest BCUT2D eigenvalue weighted by Crippen LogP contribution is 2.30. The normalized spacial score (nSPS) is 23.7. The summed E-state index contributed by atoms with van der Waals surface area (Å²) in [7, 11) is 0. The van der Waals surface area contributed by atoms with E-state index in [-0.39, 0.29) is 29.7 Å². The van der Waals surface area contributed by atoms with Crippen LogP contribution in [0.2, 0.25) is 0 Å². The highest BCUT2D eigenvalue weighted by molar-refractivity contribution is 6.21. The smallest absolute Gasteiger partial charge is 0.237 e. The molecule has 0 saturated carbocycles. The molecule has 2 rings (SSSR count). The van der Waals surface area contributed by atoms with Gasteiger partial charge in [0.15, 0.2) is 0 Å². The number of anilines is 1. The summed E-state index contributed by atoms with van der Waals surface area (Å²) < 4.78 is 0. The standard InChI is InChI=1S/C17H24N2O2/c1-5-10-18-13(4)14-6-8-15(9-7-14)19-16(20)11(2)12(3)17(19)21/h6-9,11-13,18H,5,10H2,1-4H3. The van der Waals surface area contributed by atoms with E-state index in [1.807, 2.05) is 38.1 Å². The zero-order valence-corrected chi connectivity index (χ0v) is 13.2. The maximum absolute atomic E-state index is 12.2. The van der Waals surface area contributed by atoms with E-state index in [2.05, 4.69) is 19.2 Å². The average molecular weight is 288 g/mol. The number of benzene rings is 1. The Hall–Kier alpha value is -1.68. The van der Waals surface area contributed by atoms with Gasteiger partial charge in [0, 0.05) is 17.9 Å². The number of imide groups is 1. The van der Waals surface area contributed by atoms with Crippen molar-refractivity contribution < 1.29 is 9.59 Å². The number of hydrogen-bond acceptors (Lipinski definition) is 3. The van der Waals surface area contributed by atoms with Gasteiger partial charge in [-0.2, -0.15) is 0 Å². The van der Waals surface area contributed by atoms with Crippen LogP contribution >= 0.6 is 0 Å². The van der Waals surface area contributed by atoms with Crippen molar-refractivity contribution >= 4 is 17.5 Å². The fourth-order valence-electron chi connectivity index (χ4n) is 2.59. The molecule has 2 amide bonds. The van der Waals surface area contributed by atoms with Crippen LogP contribution in [0, 0.1) is 11.8 Å². The van der Waals surface area contributed by atoms with Crippen LogP contribution < -0.4 is 10.2 Å². The van der Waals surface area contributed by atoms with Crippen molar-refractivity contribution in [3.63, 3.8) is 0 Å². The number of amides is 2. The number of nitrogens with zero attached hydrogens (tertiary/aromatic N) is 1. The molecule has 21 heavy (non-hydrogen) atoms. The molecule has 0 aromatic heterocycles. The van der Waals surface area contributed by atoms with Gasteiger partial charge in [-0.05, 0) is 37.6 Å². The number of carbonyl (C=O) groups is 2. The number of carbonyl (C=O) groups excluding carboxylic acids is 2. The van der Waals surface area contributed by atoms with E-state index >= 15 is 0 Å². The SMILES string of the molecule is CCCNC(C)c1ccc(N2C(=O)C(C)C(C)C2=O)cc1. The van der Waals surface area contributed by atoms with Crippen LogP contribution in [0.4, 0.5) is 5.69 Å². The Bertz CT molecular complexity index is 504. The summed E-state index contributed by atoms with van der Waals surface area (Å²) in [6.07, 6.45) is 1.09. The molecule has 1 N–H and O–H groups in total. The van der Waals surface area contributed by atoms with E-state index in [1.165, 1.54) is 4.90 Å². The highest BCUT2D eigenvalue weighted by Gasteiger charge is 2.42. The first-order valence-electron chi connectivity index (χ1n) is 7.68. The van der Waals surface area contributed by atoms with Gasteiger partial charge in [-0.15, -0.1) is 0 Å². The van der Waals surface area contributed by atoms with Crippen molar-refractivity contribution in [3.8, 4) is 0 Å². The van der Waals surface area contributed by atoms with Crippen LogP contribution in [-0.4, -0.2) is 18.4 Å². The van der Waals surface area contributed by atoms with Crippen molar-refractivity contribution in [1.29, 1.82) is 0 Å². The molecule has 3 unspecified atom stereocenters. The second-order valence-corrected chi connectivity index (χ2v) is 5.86. The largest absolute Gasteiger partial charge is 0.310 e. The zero-order chi connectivity index (χ0) is 15.6. The minimum Gasteiger partial charge on any atom is -0.310 e. The van der Waals surface area contributed by atoms with E-state index in [1.54, 1.807) is 0 Å². The predicted octanol–water partition coefficient (Wildman–Crippen LogP) is 2.89. The van der Waals surface area contributed by atoms with Gasteiger partial charge in [0.05, 0.1) is 5.69 Å². The quantitative estimate of drug-likeness (QED) is 0.848. The molecule has 1 aromatic rings. The first-order valence-corrected chi connectivity index (χ1v) is 7.68. The van der Waals surface area contributed by atoms with Gasteiger partial charge < -0.3 is 5.32 Å². The molecule has 0 bridgehead atoms. The van der Waals surface area contributed by atoms with Crippen LogP contribution in [-0.2, 0) is 9.59 Å². The fourth-order valence-corrected chi connectivity index (χ4v) is 2.59. The number of nitrogens with one attached hydrogen (secondary N) is 1. The van der Waals surface area contributed by atoms with Crippen molar-refractivity contribution in [3.05, 3.63) is 29.8 Å².